The van der Waals surface area contributed by atoms with E-state index in [1.807, 2.05) is 0 Å². The van der Waals surface area contributed by atoms with Gasteiger partial charge in [0.05, 0.1) is 0 Å². The SMILES string of the molecule is O=S(=O)(F)c1cccc([As](Cl)Cl)c1. The molecule has 1 rings (SSSR count). The average Bonchev–Trinajstić information content (AvgIpc) is 2.03. The summed E-state index contributed by atoms with van der Waals surface area (Å²) in [6, 6.07) is 5.31. The predicted octanol–water partition coefficient (Wildman–Crippen LogP) is 1.52. The Morgan fingerprint density at radius 3 is 2.38 bits per heavy atom. The Balaban J connectivity index is 3.21. The van der Waals surface area contributed by atoms with Crippen LogP contribution < -0.4 is 4.35 Å². The molecule has 0 saturated carbocycles. The van der Waals surface area contributed by atoms with Gasteiger partial charge >= 0.3 is 88.7 Å². The van der Waals surface area contributed by atoms with Crippen molar-refractivity contribution in [2.75, 3.05) is 0 Å². The first-order chi connectivity index (χ1) is 5.91. The average molecular weight is 305 g/mol. The normalized spacial score (nSPS) is 12.0. The van der Waals surface area contributed by atoms with E-state index in [2.05, 4.69) is 0 Å². The fraction of sp³-hybridized carbons (Fsp3) is 0. The summed E-state index contributed by atoms with van der Waals surface area (Å²) in [5, 5.41) is 0. The molecular formula is C6H4AsCl2FO2S. The van der Waals surface area contributed by atoms with E-state index in [0.29, 0.717) is 4.35 Å². The topological polar surface area (TPSA) is 34.1 Å². The van der Waals surface area contributed by atoms with Crippen LogP contribution in [0.5, 0.6) is 0 Å². The van der Waals surface area contributed by atoms with E-state index in [4.69, 9.17) is 19.9 Å². The predicted molar refractivity (Wildman–Crippen MR) is 51.8 cm³/mol. The van der Waals surface area contributed by atoms with Gasteiger partial charge in [0, 0.05) is 0 Å². The van der Waals surface area contributed by atoms with Crippen molar-refractivity contribution in [3.05, 3.63) is 24.3 Å². The number of hydrogen-bond donors (Lipinski definition) is 0. The molecule has 72 valence electrons. The van der Waals surface area contributed by atoms with Gasteiger partial charge in [-0.25, -0.2) is 0 Å². The van der Waals surface area contributed by atoms with Gasteiger partial charge in [-0.05, 0) is 0 Å². The summed E-state index contributed by atoms with van der Waals surface area (Å²) in [5.41, 5.74) is 0. The molecule has 2 nitrogen and oxygen atoms in total. The maximum absolute atomic E-state index is 12.5. The molecule has 7 heteroatoms. The quantitative estimate of drug-likeness (QED) is 0.613. The van der Waals surface area contributed by atoms with Crippen molar-refractivity contribution in [3.63, 3.8) is 0 Å². The Kier molecular flexibility index (Phi) is 3.63. The summed E-state index contributed by atoms with van der Waals surface area (Å²) in [4.78, 5) is -0.398. The molecule has 0 heterocycles. The van der Waals surface area contributed by atoms with Gasteiger partial charge in [0.2, 0.25) is 0 Å². The van der Waals surface area contributed by atoms with Crippen LogP contribution >= 0.6 is 19.9 Å². The summed E-state index contributed by atoms with van der Waals surface area (Å²) < 4.78 is 33.9. The van der Waals surface area contributed by atoms with Gasteiger partial charge < -0.3 is 0 Å². The van der Waals surface area contributed by atoms with Gasteiger partial charge in [-0.1, -0.05) is 0 Å². The number of benzene rings is 1. The number of rotatable bonds is 2. The molecular weight excluding hydrogens is 301 g/mol. The van der Waals surface area contributed by atoms with E-state index in [1.165, 1.54) is 6.07 Å². The van der Waals surface area contributed by atoms with Crippen molar-refractivity contribution in [2.45, 2.75) is 4.90 Å². The van der Waals surface area contributed by atoms with Crippen LogP contribution in [0.2, 0.25) is 0 Å². The summed E-state index contributed by atoms with van der Waals surface area (Å²) >= 11 is -2.18. The first-order valence-corrected chi connectivity index (χ1v) is 10.3. The van der Waals surface area contributed by atoms with Crippen LogP contribution in [0.25, 0.3) is 0 Å². The third kappa shape index (κ3) is 3.13. The Labute approximate surface area is 88.4 Å². The molecule has 0 bridgehead atoms. The molecule has 0 radical (unpaired) electrons. The minimum atomic E-state index is -4.65. The van der Waals surface area contributed by atoms with Crippen LogP contribution in [-0.2, 0) is 10.2 Å². The molecule has 1 aromatic rings. The van der Waals surface area contributed by atoms with Gasteiger partial charge in [-0.3, -0.25) is 0 Å². The second-order valence-corrected chi connectivity index (χ2v) is 9.99. The molecule has 13 heavy (non-hydrogen) atoms. The van der Waals surface area contributed by atoms with Crippen LogP contribution in [0.15, 0.2) is 29.2 Å². The van der Waals surface area contributed by atoms with Crippen LogP contribution in [0.1, 0.15) is 0 Å². The van der Waals surface area contributed by atoms with Crippen molar-refractivity contribution < 1.29 is 12.3 Å². The van der Waals surface area contributed by atoms with Crippen molar-refractivity contribution >= 4 is 47.2 Å². The van der Waals surface area contributed by atoms with Gasteiger partial charge in [0.15, 0.2) is 0 Å². The third-order valence-electron chi connectivity index (χ3n) is 1.29. The van der Waals surface area contributed by atoms with Gasteiger partial charge in [-0.15, -0.1) is 0 Å². The Morgan fingerprint density at radius 2 is 1.92 bits per heavy atom. The van der Waals surface area contributed by atoms with Crippen LogP contribution in [0.4, 0.5) is 3.89 Å². The Hall–Kier alpha value is 0.238. The van der Waals surface area contributed by atoms with Crippen LogP contribution in [0, 0.1) is 0 Å². The van der Waals surface area contributed by atoms with E-state index >= 15 is 0 Å². The molecule has 0 amide bonds. The zero-order chi connectivity index (χ0) is 10.1. The summed E-state index contributed by atoms with van der Waals surface area (Å²) in [7, 11) is 6.59. The third-order valence-corrected chi connectivity index (χ3v) is 5.54. The number of hydrogen-bond acceptors (Lipinski definition) is 2. The van der Waals surface area contributed by atoms with Crippen LogP contribution in [-0.4, -0.2) is 21.2 Å². The van der Waals surface area contributed by atoms with Gasteiger partial charge in [0.1, 0.15) is 0 Å². The fourth-order valence-corrected chi connectivity index (χ4v) is 3.45. The fourth-order valence-electron chi connectivity index (χ4n) is 0.740. The van der Waals surface area contributed by atoms with E-state index in [-0.39, 0.29) is 0 Å². The standard InChI is InChI=1S/C6H4AsCl2FO2S/c8-7(9)5-2-1-3-6(4-5)13(10,11)12/h1-4H. The van der Waals surface area contributed by atoms with E-state index in [1.54, 1.807) is 6.07 Å². The second-order valence-electron chi connectivity index (χ2n) is 2.17. The first kappa shape index (κ1) is 11.3. The zero-order valence-corrected chi connectivity index (χ0v) is 10.3. The van der Waals surface area contributed by atoms with Gasteiger partial charge in [0.25, 0.3) is 0 Å². The molecule has 0 N–H and O–H groups in total. The van der Waals surface area contributed by atoms with Crippen molar-refractivity contribution in [1.29, 1.82) is 0 Å². The molecule has 0 aliphatic rings. The van der Waals surface area contributed by atoms with Crippen molar-refractivity contribution in [2.24, 2.45) is 0 Å². The van der Waals surface area contributed by atoms with Crippen LogP contribution in [0.3, 0.4) is 0 Å². The van der Waals surface area contributed by atoms with E-state index in [0.717, 1.165) is 12.1 Å². The Morgan fingerprint density at radius 1 is 1.31 bits per heavy atom. The zero-order valence-electron chi connectivity index (χ0n) is 6.12. The first-order valence-electron chi connectivity index (χ1n) is 3.07. The van der Waals surface area contributed by atoms with E-state index in [9.17, 15) is 12.3 Å². The summed E-state index contributed by atoms with van der Waals surface area (Å²) in [6.45, 7) is 0. The summed E-state index contributed by atoms with van der Waals surface area (Å²) in [5.74, 6) is 0. The molecule has 0 saturated heterocycles. The second kappa shape index (κ2) is 4.18. The monoisotopic (exact) mass is 304 g/mol. The van der Waals surface area contributed by atoms with Gasteiger partial charge in [-0.2, -0.15) is 0 Å². The molecule has 0 fully saturated rings. The van der Waals surface area contributed by atoms with Crippen molar-refractivity contribution in [1.82, 2.24) is 0 Å². The molecule has 0 atom stereocenters. The molecule has 0 aliphatic heterocycles. The molecule has 0 spiro atoms. The molecule has 0 aliphatic carbocycles. The summed E-state index contributed by atoms with van der Waals surface area (Å²) in [6.07, 6.45) is 0. The molecule has 0 unspecified atom stereocenters. The minimum absolute atomic E-state index is 0.398. The maximum atomic E-state index is 12.5. The van der Waals surface area contributed by atoms with Crippen molar-refractivity contribution in [3.8, 4) is 0 Å². The number of halogens is 3. The molecule has 0 aromatic heterocycles. The molecule has 1 aromatic carbocycles. The van der Waals surface area contributed by atoms with E-state index < -0.39 is 27.9 Å². The Bertz CT molecular complexity index is 407.